The van der Waals surface area contributed by atoms with Crippen molar-refractivity contribution in [3.63, 3.8) is 0 Å². The third-order valence-corrected chi connectivity index (χ3v) is 3.41. The molecule has 1 aromatic rings. The van der Waals surface area contributed by atoms with E-state index >= 15 is 0 Å². The van der Waals surface area contributed by atoms with Crippen molar-refractivity contribution in [2.45, 2.75) is 52.1 Å². The number of nitrogens with one attached hydrogen (secondary N) is 1. The molecule has 1 saturated heterocycles. The first kappa shape index (κ1) is 15.3. The summed E-state index contributed by atoms with van der Waals surface area (Å²) in [6.07, 6.45) is 6.02. The molecule has 0 radical (unpaired) electrons. The molecule has 114 valence electrons. The molecule has 5 nitrogen and oxygen atoms in total. The zero-order chi connectivity index (χ0) is 14.4. The molecule has 1 aliphatic rings. The fraction of sp³-hybridized carbons (Fsp3) is 0.800. The minimum atomic E-state index is 0.0776. The van der Waals surface area contributed by atoms with E-state index in [1.807, 2.05) is 0 Å². The Hall–Kier alpha value is -1.07. The Balaban J connectivity index is 1.67. The fourth-order valence-corrected chi connectivity index (χ4v) is 2.24. The first-order valence-corrected chi connectivity index (χ1v) is 7.57. The summed E-state index contributed by atoms with van der Waals surface area (Å²) in [6.45, 7) is 11.1. The molecule has 0 saturated carbocycles. The van der Waals surface area contributed by atoms with Crippen molar-refractivity contribution in [3.8, 4) is 6.08 Å². The van der Waals surface area contributed by atoms with E-state index in [0.29, 0.717) is 19.2 Å². The summed E-state index contributed by atoms with van der Waals surface area (Å²) < 4.78 is 10.9. The van der Waals surface area contributed by atoms with Gasteiger partial charge in [-0.3, -0.25) is 4.90 Å². The Morgan fingerprint density at radius 2 is 2.05 bits per heavy atom. The summed E-state index contributed by atoms with van der Waals surface area (Å²) in [4.78, 5) is 6.77. The maximum Gasteiger partial charge on any atom is 0.393 e. The van der Waals surface area contributed by atoms with Crippen LogP contribution in [-0.4, -0.2) is 41.7 Å². The summed E-state index contributed by atoms with van der Waals surface area (Å²) in [5.41, 5.74) is 0.960. The maximum absolute atomic E-state index is 5.57. The summed E-state index contributed by atoms with van der Waals surface area (Å²) in [7, 11) is 0. The lowest BCUT2D eigenvalue weighted by Gasteiger charge is -2.25. The molecule has 0 atom stereocenters. The van der Waals surface area contributed by atoms with E-state index in [9.17, 15) is 0 Å². The molecule has 1 fully saturated rings. The number of likely N-dealkylation sites (tertiary alicyclic amines) is 1. The monoisotopic (exact) mass is 281 g/mol. The molecule has 1 N–H and O–H groups in total. The third-order valence-electron chi connectivity index (χ3n) is 3.41. The first-order chi connectivity index (χ1) is 9.53. The predicted molar refractivity (Wildman–Crippen MR) is 78.9 cm³/mol. The standard InChI is InChI=1S/C15H27N3O2/c1-15(2,3)16-11-13-12-20-14(17-13)19-10-9-18-7-5-4-6-8-18/h12,16H,4-11H2,1-3H3. The average molecular weight is 281 g/mol. The van der Waals surface area contributed by atoms with Crippen LogP contribution in [0, 0.1) is 0 Å². The van der Waals surface area contributed by atoms with Crippen molar-refractivity contribution in [1.82, 2.24) is 15.2 Å². The summed E-state index contributed by atoms with van der Waals surface area (Å²) >= 11 is 0. The van der Waals surface area contributed by atoms with Crippen LogP contribution in [0.4, 0.5) is 0 Å². The summed E-state index contributed by atoms with van der Waals surface area (Å²) in [5.74, 6) is 0. The van der Waals surface area contributed by atoms with Gasteiger partial charge in [0.2, 0.25) is 0 Å². The van der Waals surface area contributed by atoms with Crippen LogP contribution in [0.2, 0.25) is 0 Å². The van der Waals surface area contributed by atoms with Gasteiger partial charge in [-0.15, -0.1) is 0 Å². The summed E-state index contributed by atoms with van der Waals surface area (Å²) in [5, 5.41) is 3.37. The minimum absolute atomic E-state index is 0.0776. The molecule has 0 aliphatic carbocycles. The summed E-state index contributed by atoms with van der Waals surface area (Å²) in [6, 6.07) is 0. The first-order valence-electron chi connectivity index (χ1n) is 7.57. The van der Waals surface area contributed by atoms with Crippen LogP contribution in [0.1, 0.15) is 45.7 Å². The number of piperidine rings is 1. The lowest BCUT2D eigenvalue weighted by atomic mass is 10.1. The van der Waals surface area contributed by atoms with Crippen molar-refractivity contribution in [2.24, 2.45) is 0 Å². The molecule has 0 amide bonds. The molecule has 20 heavy (non-hydrogen) atoms. The van der Waals surface area contributed by atoms with Gasteiger partial charge in [0, 0.05) is 18.6 Å². The highest BCUT2D eigenvalue weighted by atomic mass is 16.6. The molecule has 0 bridgehead atoms. The van der Waals surface area contributed by atoms with Gasteiger partial charge in [-0.05, 0) is 46.7 Å². The highest BCUT2D eigenvalue weighted by molar-refractivity contribution is 5.00. The minimum Gasteiger partial charge on any atom is -0.449 e. The van der Waals surface area contributed by atoms with Crippen molar-refractivity contribution < 1.29 is 9.15 Å². The van der Waals surface area contributed by atoms with Gasteiger partial charge in [-0.2, -0.15) is 4.98 Å². The molecule has 0 aromatic carbocycles. The van der Waals surface area contributed by atoms with E-state index in [4.69, 9.17) is 9.15 Å². The van der Waals surface area contributed by atoms with Crippen LogP contribution in [0.15, 0.2) is 10.7 Å². The molecule has 1 aliphatic heterocycles. The number of hydrogen-bond donors (Lipinski definition) is 1. The number of rotatable bonds is 6. The van der Waals surface area contributed by atoms with Crippen molar-refractivity contribution in [2.75, 3.05) is 26.2 Å². The Morgan fingerprint density at radius 1 is 1.30 bits per heavy atom. The van der Waals surface area contributed by atoms with Gasteiger partial charge in [-0.25, -0.2) is 0 Å². The smallest absolute Gasteiger partial charge is 0.393 e. The zero-order valence-corrected chi connectivity index (χ0v) is 12.9. The average Bonchev–Trinajstić information content (AvgIpc) is 2.85. The Labute approximate surface area is 121 Å². The number of ether oxygens (including phenoxy) is 1. The molecule has 2 heterocycles. The number of nitrogens with zero attached hydrogens (tertiary/aromatic N) is 2. The van der Waals surface area contributed by atoms with Crippen molar-refractivity contribution >= 4 is 0 Å². The van der Waals surface area contributed by atoms with Crippen LogP contribution < -0.4 is 10.1 Å². The third kappa shape index (κ3) is 5.51. The SMILES string of the molecule is CC(C)(C)NCc1coc(OCCN2CCCCC2)n1. The topological polar surface area (TPSA) is 50.5 Å². The lowest BCUT2D eigenvalue weighted by molar-refractivity contribution is 0.159. The van der Waals surface area contributed by atoms with E-state index in [2.05, 4.69) is 36.0 Å². The number of hydrogen-bond acceptors (Lipinski definition) is 5. The van der Waals surface area contributed by atoms with Crippen LogP contribution in [-0.2, 0) is 6.54 Å². The number of oxazole rings is 1. The Bertz CT molecular complexity index is 392. The largest absolute Gasteiger partial charge is 0.449 e. The molecular formula is C15H27N3O2. The van der Waals surface area contributed by atoms with Gasteiger partial charge < -0.3 is 14.5 Å². The quantitative estimate of drug-likeness (QED) is 0.868. The Kier molecular flexibility index (Phi) is 5.43. The van der Waals surface area contributed by atoms with Crippen molar-refractivity contribution in [1.29, 1.82) is 0 Å². The van der Waals surface area contributed by atoms with Crippen LogP contribution >= 0.6 is 0 Å². The second kappa shape index (κ2) is 7.09. The highest BCUT2D eigenvalue weighted by Crippen LogP contribution is 2.12. The predicted octanol–water partition coefficient (Wildman–Crippen LogP) is 2.43. The van der Waals surface area contributed by atoms with E-state index in [1.54, 1.807) is 6.26 Å². The highest BCUT2D eigenvalue weighted by Gasteiger charge is 2.12. The van der Waals surface area contributed by atoms with Gasteiger partial charge in [-0.1, -0.05) is 6.42 Å². The maximum atomic E-state index is 5.57. The normalized spacial score (nSPS) is 17.4. The second-order valence-electron chi connectivity index (χ2n) is 6.46. The van der Waals surface area contributed by atoms with E-state index in [-0.39, 0.29) is 5.54 Å². The molecule has 5 heteroatoms. The van der Waals surface area contributed by atoms with Crippen LogP contribution in [0.3, 0.4) is 0 Å². The van der Waals surface area contributed by atoms with Gasteiger partial charge >= 0.3 is 6.08 Å². The van der Waals surface area contributed by atoms with Gasteiger partial charge in [0.1, 0.15) is 12.9 Å². The lowest BCUT2D eigenvalue weighted by Crippen LogP contribution is -2.35. The molecule has 0 spiro atoms. The zero-order valence-electron chi connectivity index (χ0n) is 12.9. The van der Waals surface area contributed by atoms with Crippen molar-refractivity contribution in [3.05, 3.63) is 12.0 Å². The molecule has 0 unspecified atom stereocenters. The Morgan fingerprint density at radius 3 is 2.75 bits per heavy atom. The van der Waals surface area contributed by atoms with E-state index in [1.165, 1.54) is 32.4 Å². The van der Waals surface area contributed by atoms with Crippen LogP contribution in [0.25, 0.3) is 0 Å². The van der Waals surface area contributed by atoms with E-state index in [0.717, 1.165) is 12.2 Å². The van der Waals surface area contributed by atoms with E-state index < -0.39 is 0 Å². The molecule has 2 rings (SSSR count). The molecule has 1 aromatic heterocycles. The van der Waals surface area contributed by atoms with Gasteiger partial charge in [0.15, 0.2) is 0 Å². The van der Waals surface area contributed by atoms with Crippen LogP contribution in [0.5, 0.6) is 6.08 Å². The van der Waals surface area contributed by atoms with Gasteiger partial charge in [0.25, 0.3) is 0 Å². The number of aromatic nitrogens is 1. The van der Waals surface area contributed by atoms with Gasteiger partial charge in [0.05, 0.1) is 5.69 Å². The second-order valence-corrected chi connectivity index (χ2v) is 6.46. The fourth-order valence-electron chi connectivity index (χ4n) is 2.24. The molecular weight excluding hydrogens is 254 g/mol.